The number of alkyl halides is 1. The number of nitrogens with one attached hydrogen (secondary N) is 1. The largest absolute Gasteiger partial charge is 0.477 e. The fourth-order valence-corrected chi connectivity index (χ4v) is 5.72. The summed E-state index contributed by atoms with van der Waals surface area (Å²) in [6.45, 7) is 8.57. The molecular weight excluding hydrogens is 497 g/mol. The quantitative estimate of drug-likeness (QED) is 0.351. The molecule has 1 N–H and O–H groups in total. The Hall–Kier alpha value is -3.51. The van der Waals surface area contributed by atoms with Crippen molar-refractivity contribution in [2.45, 2.75) is 44.8 Å². The molecule has 1 atom stereocenters. The van der Waals surface area contributed by atoms with Gasteiger partial charge in [0.2, 0.25) is 11.8 Å². The smallest absolute Gasteiger partial charge is 0.269 e. The second-order valence-electron chi connectivity index (χ2n) is 9.13. The molecule has 0 saturated carbocycles. The molecule has 0 spiro atoms. The first-order valence-electron chi connectivity index (χ1n) is 12.3. The second kappa shape index (κ2) is 10.1. The molecule has 196 valence electrons. The van der Waals surface area contributed by atoms with Crippen LogP contribution in [0.25, 0.3) is 11.0 Å². The monoisotopic (exact) mass is 527 g/mol. The van der Waals surface area contributed by atoms with Gasteiger partial charge in [0.1, 0.15) is 6.17 Å². The molecule has 37 heavy (non-hydrogen) atoms. The maximum absolute atomic E-state index is 13.5. The summed E-state index contributed by atoms with van der Waals surface area (Å²) in [6.07, 6.45) is 2.96. The molecule has 0 unspecified atom stereocenters. The molecule has 0 bridgehead atoms. The van der Waals surface area contributed by atoms with Gasteiger partial charge in [-0.1, -0.05) is 17.7 Å². The van der Waals surface area contributed by atoms with Crippen LogP contribution in [0.4, 0.5) is 16.0 Å². The fourth-order valence-electron chi connectivity index (χ4n) is 4.42. The van der Waals surface area contributed by atoms with E-state index in [0.29, 0.717) is 43.7 Å². The summed E-state index contributed by atoms with van der Waals surface area (Å²) in [5.41, 5.74) is 2.72. The molecule has 1 aliphatic rings. The number of hydrogen-bond acceptors (Lipinski definition) is 8. The zero-order valence-corrected chi connectivity index (χ0v) is 21.9. The highest BCUT2D eigenvalue weighted by atomic mass is 32.2. The summed E-state index contributed by atoms with van der Waals surface area (Å²) >= 11 is 0. The van der Waals surface area contributed by atoms with Crippen molar-refractivity contribution in [2.75, 3.05) is 31.6 Å². The third-order valence-electron chi connectivity index (χ3n) is 6.53. The zero-order chi connectivity index (χ0) is 26.2. The van der Waals surface area contributed by atoms with Gasteiger partial charge in [0.05, 0.1) is 41.0 Å². The topological polar surface area (TPSA) is 107 Å². The SMILES string of the molecule is CCOc1nc(Nc2cnn(CCN3CC[C@@H](F)C3)c2C)nc2c1ccn2S(=O)(=O)c1ccc(C)cc1. The van der Waals surface area contributed by atoms with E-state index in [1.165, 1.54) is 6.20 Å². The van der Waals surface area contributed by atoms with Crippen LogP contribution in [0.3, 0.4) is 0 Å². The summed E-state index contributed by atoms with van der Waals surface area (Å²) < 4.78 is 49.0. The van der Waals surface area contributed by atoms with Crippen LogP contribution in [0.1, 0.15) is 24.6 Å². The minimum atomic E-state index is -3.89. The molecule has 4 heterocycles. The average Bonchev–Trinajstić information content (AvgIpc) is 3.58. The Kier molecular flexibility index (Phi) is 6.86. The van der Waals surface area contributed by atoms with Crippen molar-refractivity contribution in [1.29, 1.82) is 0 Å². The summed E-state index contributed by atoms with van der Waals surface area (Å²) in [7, 11) is -3.89. The number of benzene rings is 1. The van der Waals surface area contributed by atoms with E-state index in [1.807, 2.05) is 25.5 Å². The van der Waals surface area contributed by atoms with Crippen LogP contribution in [0.15, 0.2) is 47.6 Å². The molecule has 5 rings (SSSR count). The second-order valence-corrected chi connectivity index (χ2v) is 10.9. The first-order valence-corrected chi connectivity index (χ1v) is 13.7. The molecule has 0 amide bonds. The van der Waals surface area contributed by atoms with Gasteiger partial charge in [0, 0.05) is 25.8 Å². The van der Waals surface area contributed by atoms with Gasteiger partial charge in [0.15, 0.2) is 5.65 Å². The Morgan fingerprint density at radius 2 is 1.92 bits per heavy atom. The Balaban J connectivity index is 1.45. The van der Waals surface area contributed by atoms with E-state index in [-0.39, 0.29) is 22.4 Å². The number of halogens is 1. The molecular formula is C25H30FN7O3S. The lowest BCUT2D eigenvalue weighted by Crippen LogP contribution is -2.26. The molecule has 3 aromatic heterocycles. The maximum atomic E-state index is 13.5. The van der Waals surface area contributed by atoms with E-state index in [9.17, 15) is 12.8 Å². The van der Waals surface area contributed by atoms with Crippen molar-refractivity contribution >= 4 is 32.7 Å². The van der Waals surface area contributed by atoms with Gasteiger partial charge in [-0.2, -0.15) is 15.1 Å². The number of aromatic nitrogens is 5. The van der Waals surface area contributed by atoms with Crippen LogP contribution in [-0.2, 0) is 16.6 Å². The molecule has 1 aliphatic heterocycles. The molecule has 12 heteroatoms. The minimum absolute atomic E-state index is 0.163. The van der Waals surface area contributed by atoms with Crippen LogP contribution in [0, 0.1) is 13.8 Å². The predicted octanol–water partition coefficient (Wildman–Crippen LogP) is 3.67. The molecule has 1 aromatic carbocycles. The van der Waals surface area contributed by atoms with E-state index in [1.54, 1.807) is 36.5 Å². The van der Waals surface area contributed by atoms with Crippen molar-refractivity contribution in [1.82, 2.24) is 28.6 Å². The highest BCUT2D eigenvalue weighted by Gasteiger charge is 2.24. The Bertz CT molecular complexity index is 1520. The summed E-state index contributed by atoms with van der Waals surface area (Å²) in [5.74, 6) is 0.477. The standard InChI is InChI=1S/C25H30FN7O3S/c1-4-36-24-21-10-12-33(37(34,35)20-7-5-17(2)6-8-20)23(21)29-25(30-24)28-22-15-27-32(18(22)3)14-13-31-11-9-19(26)16-31/h5-8,10,12,15,19H,4,9,11,13-14,16H2,1-3H3,(H,28,29,30)/t19-/m1/s1. The normalized spacial score (nSPS) is 16.5. The van der Waals surface area contributed by atoms with Gasteiger partial charge < -0.3 is 10.1 Å². The van der Waals surface area contributed by atoms with E-state index < -0.39 is 16.2 Å². The number of nitrogens with zero attached hydrogens (tertiary/aromatic N) is 6. The number of fused-ring (bicyclic) bond motifs is 1. The number of hydrogen-bond donors (Lipinski definition) is 1. The number of ether oxygens (including phenoxy) is 1. The van der Waals surface area contributed by atoms with Crippen molar-refractivity contribution in [3.05, 3.63) is 54.0 Å². The van der Waals surface area contributed by atoms with Crippen LogP contribution < -0.4 is 10.1 Å². The van der Waals surface area contributed by atoms with Gasteiger partial charge in [-0.3, -0.25) is 9.58 Å². The van der Waals surface area contributed by atoms with E-state index in [0.717, 1.165) is 21.8 Å². The van der Waals surface area contributed by atoms with E-state index in [2.05, 4.69) is 25.3 Å². The van der Waals surface area contributed by atoms with E-state index >= 15 is 0 Å². The highest BCUT2D eigenvalue weighted by molar-refractivity contribution is 7.90. The van der Waals surface area contributed by atoms with Crippen molar-refractivity contribution < 1.29 is 17.5 Å². The minimum Gasteiger partial charge on any atom is -0.477 e. The third kappa shape index (κ3) is 5.03. The Morgan fingerprint density at radius 3 is 2.62 bits per heavy atom. The van der Waals surface area contributed by atoms with Crippen LogP contribution in [-0.4, -0.2) is 69.5 Å². The molecule has 0 aliphatic carbocycles. The van der Waals surface area contributed by atoms with Gasteiger partial charge >= 0.3 is 0 Å². The van der Waals surface area contributed by atoms with Crippen molar-refractivity contribution in [2.24, 2.45) is 0 Å². The first kappa shape index (κ1) is 25.2. The zero-order valence-electron chi connectivity index (χ0n) is 21.1. The van der Waals surface area contributed by atoms with Crippen molar-refractivity contribution in [3.63, 3.8) is 0 Å². The highest BCUT2D eigenvalue weighted by Crippen LogP contribution is 2.30. The van der Waals surface area contributed by atoms with Gasteiger partial charge in [0.25, 0.3) is 10.0 Å². The Morgan fingerprint density at radius 1 is 1.14 bits per heavy atom. The summed E-state index contributed by atoms with van der Waals surface area (Å²) in [4.78, 5) is 11.3. The Labute approximate surface area is 215 Å². The van der Waals surface area contributed by atoms with Crippen molar-refractivity contribution in [3.8, 4) is 5.88 Å². The lowest BCUT2D eigenvalue weighted by atomic mass is 10.2. The summed E-state index contributed by atoms with van der Waals surface area (Å²) in [6, 6.07) is 8.31. The molecule has 0 radical (unpaired) electrons. The predicted molar refractivity (Wildman–Crippen MR) is 139 cm³/mol. The maximum Gasteiger partial charge on any atom is 0.269 e. The van der Waals surface area contributed by atoms with Crippen LogP contribution in [0.2, 0.25) is 0 Å². The molecule has 4 aromatic rings. The lowest BCUT2D eigenvalue weighted by Gasteiger charge is -2.15. The molecule has 1 saturated heterocycles. The fraction of sp³-hybridized carbons (Fsp3) is 0.400. The number of likely N-dealkylation sites (tertiary alicyclic amines) is 1. The lowest BCUT2D eigenvalue weighted by molar-refractivity contribution is 0.275. The van der Waals surface area contributed by atoms with Gasteiger partial charge in [-0.15, -0.1) is 0 Å². The van der Waals surface area contributed by atoms with Crippen LogP contribution >= 0.6 is 0 Å². The average molecular weight is 528 g/mol. The number of aryl methyl sites for hydroxylation is 1. The first-order chi connectivity index (χ1) is 17.8. The molecule has 1 fully saturated rings. The van der Waals surface area contributed by atoms with Gasteiger partial charge in [-0.25, -0.2) is 16.8 Å². The third-order valence-corrected chi connectivity index (χ3v) is 8.21. The number of rotatable bonds is 9. The number of anilines is 2. The van der Waals surface area contributed by atoms with Gasteiger partial charge in [-0.05, 0) is 45.4 Å². The van der Waals surface area contributed by atoms with E-state index in [4.69, 9.17) is 4.74 Å². The van der Waals surface area contributed by atoms with Crippen LogP contribution in [0.5, 0.6) is 5.88 Å². The molecule has 10 nitrogen and oxygen atoms in total. The summed E-state index contributed by atoms with van der Waals surface area (Å²) in [5, 5.41) is 8.11.